The zero-order valence-electron chi connectivity index (χ0n) is 16.4. The van der Waals surface area contributed by atoms with Gasteiger partial charge in [-0.15, -0.1) is 0 Å². The third-order valence-corrected chi connectivity index (χ3v) is 3.00. The maximum Gasteiger partial charge on any atom is 3.00 e. The number of Topliss-reactive ketones (excluding diaryl/α,β-unsaturated/α-hetero) is 4. The number of aliphatic carboxylic acids is 3. The van der Waals surface area contributed by atoms with E-state index in [0.29, 0.717) is 12.8 Å². The summed E-state index contributed by atoms with van der Waals surface area (Å²) in [6.07, 6.45) is 0.0671. The number of carboxylic acids is 3. The molecule has 11 heteroatoms. The van der Waals surface area contributed by atoms with Crippen molar-refractivity contribution in [3.8, 4) is 0 Å². The van der Waals surface area contributed by atoms with Gasteiger partial charge in [0.05, 0.1) is 30.2 Å². The summed E-state index contributed by atoms with van der Waals surface area (Å²) in [7, 11) is 0. The van der Waals surface area contributed by atoms with Gasteiger partial charge in [-0.1, -0.05) is 13.8 Å². The molecule has 0 N–H and O–H groups in total. The van der Waals surface area contributed by atoms with Crippen molar-refractivity contribution in [1.29, 1.82) is 0 Å². The van der Waals surface area contributed by atoms with Crippen molar-refractivity contribution in [2.24, 2.45) is 11.8 Å². The molecule has 0 amide bonds. The first-order chi connectivity index (χ1) is 12.2. The van der Waals surface area contributed by atoms with Gasteiger partial charge in [-0.3, -0.25) is 19.2 Å². The fourth-order valence-electron chi connectivity index (χ4n) is 1.54. The second-order valence-electron chi connectivity index (χ2n) is 5.37. The zero-order chi connectivity index (χ0) is 22.3. The van der Waals surface area contributed by atoms with Gasteiger partial charge in [-0.2, -0.15) is 0 Å². The molecule has 0 spiro atoms. The Morgan fingerprint density at radius 3 is 1.00 bits per heavy atom. The molecule has 0 aliphatic heterocycles. The van der Waals surface area contributed by atoms with Crippen molar-refractivity contribution in [3.05, 3.63) is 0 Å². The average Bonchev–Trinajstić information content (AvgIpc) is 2.47. The van der Waals surface area contributed by atoms with Crippen LogP contribution in [0.3, 0.4) is 0 Å². The molecule has 28 heavy (non-hydrogen) atoms. The van der Waals surface area contributed by atoms with E-state index in [4.69, 9.17) is 0 Å². The molecule has 2 atom stereocenters. The Labute approximate surface area is 173 Å². The quantitative estimate of drug-likeness (QED) is 0.209. The van der Waals surface area contributed by atoms with Crippen molar-refractivity contribution >= 4 is 58.4 Å². The van der Waals surface area contributed by atoms with Gasteiger partial charge in [0, 0.05) is 0 Å². The first-order valence-electron chi connectivity index (χ1n) is 7.88. The molecule has 154 valence electrons. The van der Waals surface area contributed by atoms with Crippen LogP contribution in [0.2, 0.25) is 0 Å². The number of carbonyl (C=O) groups excluding carboxylic acids is 7. The van der Waals surface area contributed by atoms with Gasteiger partial charge < -0.3 is 29.7 Å². The van der Waals surface area contributed by atoms with E-state index < -0.39 is 47.7 Å². The van der Waals surface area contributed by atoms with Gasteiger partial charge >= 0.3 is 17.4 Å². The van der Waals surface area contributed by atoms with Gasteiger partial charge in [0.1, 0.15) is 23.3 Å². The summed E-state index contributed by atoms with van der Waals surface area (Å²) < 4.78 is 0. The minimum Gasteiger partial charge on any atom is -0.549 e. The number of hydrogen-bond acceptors (Lipinski definition) is 10. The smallest absolute Gasteiger partial charge is 0.549 e. The van der Waals surface area contributed by atoms with Crippen molar-refractivity contribution < 1.29 is 48.9 Å². The Morgan fingerprint density at radius 1 is 0.679 bits per heavy atom. The third-order valence-electron chi connectivity index (χ3n) is 3.00. The van der Waals surface area contributed by atoms with Crippen LogP contribution in [0.5, 0.6) is 0 Å². The Balaban J connectivity index is -0.000000152. The van der Waals surface area contributed by atoms with E-state index in [0.717, 1.165) is 6.92 Å². The summed E-state index contributed by atoms with van der Waals surface area (Å²) in [6.45, 7) is 6.93. The van der Waals surface area contributed by atoms with Gasteiger partial charge in [0.15, 0.2) is 5.78 Å². The predicted octanol–water partition coefficient (Wildman–Crippen LogP) is -3.39. The minimum absolute atomic E-state index is 0. The summed E-state index contributed by atoms with van der Waals surface area (Å²) >= 11 is 0. The van der Waals surface area contributed by atoms with Gasteiger partial charge in [0.25, 0.3) is 0 Å². The van der Waals surface area contributed by atoms with Crippen LogP contribution in [-0.2, 0) is 33.6 Å². The van der Waals surface area contributed by atoms with Crippen molar-refractivity contribution in [1.82, 2.24) is 0 Å². The van der Waals surface area contributed by atoms with Crippen molar-refractivity contribution in [2.75, 3.05) is 0 Å². The summed E-state index contributed by atoms with van der Waals surface area (Å²) in [6, 6.07) is 0. The molecule has 0 bridgehead atoms. The van der Waals surface area contributed by atoms with E-state index in [1.54, 1.807) is 13.8 Å². The third kappa shape index (κ3) is 18.4. The van der Waals surface area contributed by atoms with Crippen LogP contribution in [0.4, 0.5) is 0 Å². The largest absolute Gasteiger partial charge is 3.00 e. The molecular weight excluding hydrogens is 391 g/mol. The van der Waals surface area contributed by atoms with Crippen molar-refractivity contribution in [3.63, 3.8) is 0 Å². The van der Waals surface area contributed by atoms with Gasteiger partial charge in [-0.05, 0) is 33.6 Å². The number of hydrogen-bond donors (Lipinski definition) is 0. The maximum absolute atomic E-state index is 10.4. The summed E-state index contributed by atoms with van der Waals surface area (Å²) in [5, 5.41) is 29.7. The SMILES string of the molecule is CC(=O)CC(=O)C(=O)[O-].CCC(C(C)=O)C(=O)[O-].CCC(C(C)=O)C(=O)[O-].[Al+3]. The van der Waals surface area contributed by atoms with E-state index in [9.17, 15) is 48.9 Å². The van der Waals surface area contributed by atoms with Gasteiger partial charge in [0.2, 0.25) is 0 Å². The number of ketones is 4. The first kappa shape index (κ1) is 33.2. The molecule has 10 nitrogen and oxygen atoms in total. The van der Waals surface area contributed by atoms with Crippen LogP contribution in [0.15, 0.2) is 0 Å². The number of carbonyl (C=O) groups is 7. The molecule has 0 saturated carbocycles. The monoisotopic (exact) mass is 414 g/mol. The summed E-state index contributed by atoms with van der Waals surface area (Å²) in [5.41, 5.74) is 0. The topological polar surface area (TPSA) is 189 Å². The van der Waals surface area contributed by atoms with E-state index in [1.807, 2.05) is 0 Å². The Kier molecular flexibility index (Phi) is 21.4. The van der Waals surface area contributed by atoms with Crippen LogP contribution in [0.1, 0.15) is 53.9 Å². The Morgan fingerprint density at radius 2 is 0.964 bits per heavy atom. The van der Waals surface area contributed by atoms with Crippen LogP contribution in [0, 0.1) is 11.8 Å². The zero-order valence-corrected chi connectivity index (χ0v) is 17.6. The van der Waals surface area contributed by atoms with E-state index in [-0.39, 0.29) is 28.9 Å². The molecule has 0 aromatic carbocycles. The maximum atomic E-state index is 10.4. The molecular formula is C17H23AlO10. The Hall–Kier alpha value is -2.38. The van der Waals surface area contributed by atoms with E-state index in [1.165, 1.54) is 13.8 Å². The Bertz CT molecular complexity index is 522. The van der Waals surface area contributed by atoms with Crippen LogP contribution in [-0.4, -0.2) is 58.4 Å². The number of carboxylic acid groups (broad SMARTS) is 3. The summed E-state index contributed by atoms with van der Waals surface area (Å²) in [4.78, 5) is 70.6. The molecule has 0 heterocycles. The molecule has 0 radical (unpaired) electrons. The predicted molar refractivity (Wildman–Crippen MR) is 90.0 cm³/mol. The average molecular weight is 414 g/mol. The fraction of sp³-hybridized carbons (Fsp3) is 0.588. The van der Waals surface area contributed by atoms with Gasteiger partial charge in [-0.25, -0.2) is 0 Å². The number of rotatable bonds is 9. The van der Waals surface area contributed by atoms with E-state index in [2.05, 4.69) is 0 Å². The minimum atomic E-state index is -1.80. The van der Waals surface area contributed by atoms with Crippen LogP contribution >= 0.6 is 0 Å². The molecule has 0 aliphatic carbocycles. The molecule has 0 saturated heterocycles. The van der Waals surface area contributed by atoms with Crippen molar-refractivity contribution in [2.45, 2.75) is 53.9 Å². The molecule has 2 unspecified atom stereocenters. The second-order valence-corrected chi connectivity index (χ2v) is 5.37. The summed E-state index contributed by atoms with van der Waals surface area (Å²) in [5.74, 6) is -8.48. The normalized spacial score (nSPS) is 10.9. The fourth-order valence-corrected chi connectivity index (χ4v) is 1.54. The molecule has 0 aromatic rings. The first-order valence-corrected chi connectivity index (χ1v) is 7.88. The van der Waals surface area contributed by atoms with Crippen LogP contribution < -0.4 is 15.3 Å². The van der Waals surface area contributed by atoms with Crippen LogP contribution in [0.25, 0.3) is 0 Å². The molecule has 0 aliphatic rings. The molecule has 0 fully saturated rings. The molecule has 0 rings (SSSR count). The standard InChI is InChI=1S/2C6H10O3.C5H6O4.Al/c2*1-3-5(4(2)7)6(8)9;1-3(6)2-4(7)5(8)9;/h2*5H,3H2,1-2H3,(H,8,9);2H2,1H3,(H,8,9);/q;;;+3/p-3. The molecule has 0 aromatic heterocycles. The second kappa shape index (κ2) is 18.0. The van der Waals surface area contributed by atoms with E-state index >= 15 is 0 Å².